The zero-order chi connectivity index (χ0) is 52.8. The van der Waals surface area contributed by atoms with Gasteiger partial charge in [0.1, 0.15) is 0 Å². The molecule has 0 saturated heterocycles. The van der Waals surface area contributed by atoms with Gasteiger partial charge >= 0.3 is 0 Å². The van der Waals surface area contributed by atoms with Crippen molar-refractivity contribution in [3.05, 3.63) is 0 Å². The molecule has 0 saturated carbocycles. The van der Waals surface area contributed by atoms with Crippen molar-refractivity contribution in [1.82, 2.24) is 0 Å². The monoisotopic (exact) mass is 1220 g/mol. The average Bonchev–Trinajstić information content (AvgIpc) is 3.25. The number of rotatable bonds is 48. The van der Waals surface area contributed by atoms with E-state index in [1.54, 1.807) is 0 Å². The van der Waals surface area contributed by atoms with Crippen LogP contribution < -0.4 is 0 Å². The van der Waals surface area contributed by atoms with E-state index in [0.29, 0.717) is 54.8 Å². The van der Waals surface area contributed by atoms with Crippen molar-refractivity contribution in [2.24, 2.45) is 35.0 Å². The number of hydrogen-bond donors (Lipinski definition) is 0. The van der Waals surface area contributed by atoms with Gasteiger partial charge in [-0.3, -0.25) is 0 Å². The maximum absolute atomic E-state index is 6.04. The maximum Gasteiger partial charge on any atom is 0.190 e. The molecule has 0 nitrogen and oxygen atoms in total. The van der Waals surface area contributed by atoms with Gasteiger partial charge in [-0.05, 0) is 92.8 Å². The van der Waals surface area contributed by atoms with Gasteiger partial charge < -0.3 is 0 Å². The molecule has 0 aliphatic heterocycles. The molecule has 0 aromatic carbocycles. The maximum atomic E-state index is 6.04. The Labute approximate surface area is 495 Å². The van der Waals surface area contributed by atoms with Crippen LogP contribution in [0.3, 0.4) is 0 Å². The van der Waals surface area contributed by atoms with Gasteiger partial charge in [0.05, 0.1) is 0 Å². The summed E-state index contributed by atoms with van der Waals surface area (Å²) in [6.07, 6.45) is 51.9. The first-order chi connectivity index (χ1) is 33.0. The van der Waals surface area contributed by atoms with Crippen molar-refractivity contribution < 1.29 is 0 Å². The van der Waals surface area contributed by atoms with Crippen molar-refractivity contribution in [2.75, 3.05) is 0 Å². The van der Waals surface area contributed by atoms with Crippen LogP contribution in [0.4, 0.5) is 0 Å². The average molecular weight is 1230 g/mol. The molecule has 0 rings (SSSR count). The third-order valence-electron chi connectivity index (χ3n) is 16.2. The molecular formula is C58H106Cl12. The highest BCUT2D eigenvalue weighted by atomic mass is 35.6. The summed E-state index contributed by atoms with van der Waals surface area (Å²) < 4.78 is -4.50. The van der Waals surface area contributed by atoms with E-state index in [9.17, 15) is 0 Å². The fourth-order valence-corrected chi connectivity index (χ4v) is 13.9. The molecule has 0 bridgehead atoms. The van der Waals surface area contributed by atoms with Crippen LogP contribution >= 0.6 is 139 Å². The van der Waals surface area contributed by atoms with Gasteiger partial charge in [0.15, 0.2) is 15.2 Å². The number of halogens is 12. The zero-order valence-corrected chi connectivity index (χ0v) is 54.4. The predicted octanol–water partition coefficient (Wildman–Crippen LogP) is 27.4. The molecule has 12 heteroatoms. The van der Waals surface area contributed by atoms with Gasteiger partial charge in [0.25, 0.3) is 0 Å². The van der Waals surface area contributed by atoms with Gasteiger partial charge in [-0.25, -0.2) is 0 Å². The Balaban J connectivity index is 6.47. The van der Waals surface area contributed by atoms with Crippen molar-refractivity contribution >= 4 is 139 Å². The first-order valence-electron chi connectivity index (χ1n) is 29.2. The molecule has 5 unspecified atom stereocenters. The number of unbranched alkanes of at least 4 members (excludes halogenated alkanes) is 29. The van der Waals surface area contributed by atoms with E-state index in [0.717, 1.165) is 57.3 Å². The standard InChI is InChI=1S/C58H106Cl12/c1-6-7-8-9-26-35-44-53(49(2)40-31-22-14-10-18-27-36-45-54(59,60)61)58(50(3)41-32-23-15-11-19-28-37-46-55(62,63)64,51(4)42-33-24-16-12-20-29-38-47-56(65,66)67)52(5)43-34-25-17-13-21-30-39-48-57(68,69)70/h49-53H,6-48H2,1-5H3. The highest BCUT2D eigenvalue weighted by Crippen LogP contribution is 2.58. The van der Waals surface area contributed by atoms with Gasteiger partial charge in [0.2, 0.25) is 0 Å². The Hall–Kier alpha value is 3.48. The molecular weight excluding hydrogens is 1120 g/mol. The van der Waals surface area contributed by atoms with Crippen LogP contribution in [0.25, 0.3) is 0 Å². The van der Waals surface area contributed by atoms with Gasteiger partial charge in [0, 0.05) is 0 Å². The lowest BCUT2D eigenvalue weighted by Gasteiger charge is -2.56. The number of alkyl halides is 12. The zero-order valence-electron chi connectivity index (χ0n) is 45.3. The minimum atomic E-state index is -1.13. The summed E-state index contributed by atoms with van der Waals surface area (Å²) in [7, 11) is 0. The van der Waals surface area contributed by atoms with Crippen molar-refractivity contribution in [3.8, 4) is 0 Å². The Bertz CT molecular complexity index is 1050. The van der Waals surface area contributed by atoms with Crippen molar-refractivity contribution in [2.45, 2.75) is 326 Å². The van der Waals surface area contributed by atoms with Crippen LogP contribution in [0, 0.1) is 35.0 Å². The molecule has 0 amide bonds. The second-order valence-electron chi connectivity index (χ2n) is 22.4. The summed E-state index contributed by atoms with van der Waals surface area (Å²) in [6, 6.07) is 0. The van der Waals surface area contributed by atoms with E-state index < -0.39 is 15.2 Å². The Kier molecular flexibility index (Phi) is 46.5. The third kappa shape index (κ3) is 42.4. The summed E-state index contributed by atoms with van der Waals surface area (Å²) in [5.74, 6) is 3.48. The highest BCUT2D eigenvalue weighted by molar-refractivity contribution is 6.68. The fraction of sp³-hybridized carbons (Fsp3) is 1.00. The molecule has 5 atom stereocenters. The highest BCUT2D eigenvalue weighted by Gasteiger charge is 2.51. The van der Waals surface area contributed by atoms with Crippen LogP contribution in [-0.2, 0) is 0 Å². The Morgan fingerprint density at radius 1 is 0.243 bits per heavy atom. The summed E-state index contributed by atoms with van der Waals surface area (Å²) in [6.45, 7) is 13.2. The van der Waals surface area contributed by atoms with Crippen LogP contribution in [0.1, 0.15) is 311 Å². The van der Waals surface area contributed by atoms with E-state index in [4.69, 9.17) is 139 Å². The normalized spacial score (nSPS) is 16.1. The lowest BCUT2D eigenvalue weighted by Crippen LogP contribution is -2.50. The lowest BCUT2D eigenvalue weighted by molar-refractivity contribution is -0.0788. The van der Waals surface area contributed by atoms with E-state index in [-0.39, 0.29) is 0 Å². The quantitative estimate of drug-likeness (QED) is 0.0421. The molecule has 0 heterocycles. The molecule has 70 heavy (non-hydrogen) atoms. The summed E-state index contributed by atoms with van der Waals surface area (Å²) in [4.78, 5) is 0. The third-order valence-corrected chi connectivity index (χ3v) is 18.4. The topological polar surface area (TPSA) is 0 Å². The van der Waals surface area contributed by atoms with Crippen LogP contribution in [-0.4, -0.2) is 15.2 Å². The molecule has 0 radical (unpaired) electrons. The second-order valence-corrected chi connectivity index (χ2v) is 32.4. The van der Waals surface area contributed by atoms with Crippen molar-refractivity contribution in [1.29, 1.82) is 0 Å². The second kappa shape index (κ2) is 44.3. The minimum absolute atomic E-state index is 0.302. The molecule has 0 fully saturated rings. The van der Waals surface area contributed by atoms with Gasteiger partial charge in [-0.1, -0.05) is 392 Å². The number of hydrogen-bond acceptors (Lipinski definition) is 0. The first kappa shape index (κ1) is 73.5. The molecule has 0 spiro atoms. The first-order valence-corrected chi connectivity index (χ1v) is 33.8. The Morgan fingerprint density at radius 2 is 0.443 bits per heavy atom. The Morgan fingerprint density at radius 3 is 0.686 bits per heavy atom. The van der Waals surface area contributed by atoms with E-state index in [1.165, 1.54) is 199 Å². The van der Waals surface area contributed by atoms with Crippen LogP contribution in [0.5, 0.6) is 0 Å². The summed E-state index contributed by atoms with van der Waals surface area (Å²) >= 11 is 72.4. The molecule has 0 aliphatic carbocycles. The molecule has 0 aliphatic rings. The van der Waals surface area contributed by atoms with Gasteiger partial charge in [-0.2, -0.15) is 0 Å². The van der Waals surface area contributed by atoms with E-state index >= 15 is 0 Å². The van der Waals surface area contributed by atoms with Crippen LogP contribution in [0.15, 0.2) is 0 Å². The van der Waals surface area contributed by atoms with Crippen LogP contribution in [0.2, 0.25) is 0 Å². The smallest absolute Gasteiger partial charge is 0.0837 e. The summed E-state index contributed by atoms with van der Waals surface area (Å²) in [5, 5.41) is 0. The van der Waals surface area contributed by atoms with E-state index in [1.807, 2.05) is 0 Å². The lowest BCUT2D eigenvalue weighted by atomic mass is 9.48. The minimum Gasteiger partial charge on any atom is -0.0837 e. The van der Waals surface area contributed by atoms with Crippen molar-refractivity contribution in [3.63, 3.8) is 0 Å². The van der Waals surface area contributed by atoms with E-state index in [2.05, 4.69) is 34.6 Å². The molecule has 0 aromatic rings. The largest absolute Gasteiger partial charge is 0.190 e. The summed E-state index contributed by atoms with van der Waals surface area (Å²) in [5.41, 5.74) is 0.302. The molecule has 422 valence electrons. The van der Waals surface area contributed by atoms with Gasteiger partial charge in [-0.15, -0.1) is 0 Å². The predicted molar refractivity (Wildman–Crippen MR) is 328 cm³/mol. The fourth-order valence-electron chi connectivity index (χ4n) is 12.3. The molecule has 0 aromatic heterocycles. The molecule has 0 N–H and O–H groups in total. The SMILES string of the molecule is CCCCCCCCC(C(C)CCCCCCCCCC(Cl)(Cl)Cl)C(C(C)CCCCCCCCCC(Cl)(Cl)Cl)(C(C)CCCCCCCCCC(Cl)(Cl)Cl)C(C)CCCCCCCCCC(Cl)(Cl)Cl.